The van der Waals surface area contributed by atoms with Gasteiger partial charge in [0.2, 0.25) is 11.8 Å². The molecule has 2 fully saturated rings. The quantitative estimate of drug-likeness (QED) is 0.635. The number of nitrogens with one attached hydrogen (secondary N) is 3. The number of hydrogen-bond acceptors (Lipinski definition) is 4. The third-order valence-corrected chi connectivity index (χ3v) is 6.17. The van der Waals surface area contributed by atoms with Gasteiger partial charge in [0.1, 0.15) is 17.9 Å². The summed E-state index contributed by atoms with van der Waals surface area (Å²) in [6.45, 7) is 7.30. The van der Waals surface area contributed by atoms with Crippen LogP contribution in [-0.4, -0.2) is 40.7 Å². The lowest BCUT2D eigenvalue weighted by atomic mass is 9.67. The number of anilines is 2. The summed E-state index contributed by atoms with van der Waals surface area (Å²) in [4.78, 5) is 50.0. The van der Waals surface area contributed by atoms with Gasteiger partial charge in [0.25, 0.3) is 5.91 Å². The van der Waals surface area contributed by atoms with Crippen molar-refractivity contribution in [3.63, 3.8) is 0 Å². The Kier molecular flexibility index (Phi) is 6.07. The second-order valence-corrected chi connectivity index (χ2v) is 9.47. The summed E-state index contributed by atoms with van der Waals surface area (Å²) < 4.78 is 14.1. The van der Waals surface area contributed by atoms with E-state index in [9.17, 15) is 23.6 Å². The SMILES string of the molecule is CC(=O)Nc1ccc(F)c(NC(=O)CN2C(=O)NC3(CCC(C(C)(C)C)CC3)C2=O)c1. The third kappa shape index (κ3) is 4.86. The number of amides is 5. The van der Waals surface area contributed by atoms with Crippen LogP contribution < -0.4 is 16.0 Å². The van der Waals surface area contributed by atoms with E-state index in [-0.39, 0.29) is 17.0 Å². The summed E-state index contributed by atoms with van der Waals surface area (Å²) in [5.41, 5.74) is -0.671. The Balaban J connectivity index is 1.66. The molecule has 1 heterocycles. The van der Waals surface area contributed by atoms with Crippen molar-refractivity contribution in [2.24, 2.45) is 11.3 Å². The van der Waals surface area contributed by atoms with Gasteiger partial charge in [0.05, 0.1) is 5.69 Å². The molecule has 1 spiro atoms. The minimum atomic E-state index is -0.963. The lowest BCUT2D eigenvalue weighted by Crippen LogP contribution is -2.51. The number of hydrogen-bond donors (Lipinski definition) is 3. The molecule has 3 N–H and O–H groups in total. The molecule has 3 rings (SSSR count). The minimum Gasteiger partial charge on any atom is -0.326 e. The molecule has 1 aliphatic carbocycles. The van der Waals surface area contributed by atoms with E-state index in [0.717, 1.165) is 23.8 Å². The van der Waals surface area contributed by atoms with Crippen LogP contribution in [0.1, 0.15) is 53.4 Å². The van der Waals surface area contributed by atoms with Crippen LogP contribution in [0, 0.1) is 17.2 Å². The van der Waals surface area contributed by atoms with Crippen molar-refractivity contribution in [2.75, 3.05) is 17.2 Å². The minimum absolute atomic E-state index is 0.128. The highest BCUT2D eigenvalue weighted by Crippen LogP contribution is 2.43. The van der Waals surface area contributed by atoms with Gasteiger partial charge in [-0.15, -0.1) is 0 Å². The van der Waals surface area contributed by atoms with E-state index in [1.807, 2.05) is 0 Å². The first-order valence-corrected chi connectivity index (χ1v) is 10.4. The summed E-state index contributed by atoms with van der Waals surface area (Å²) in [6, 6.07) is 3.14. The number of rotatable bonds is 4. The van der Waals surface area contributed by atoms with Crippen molar-refractivity contribution in [3.05, 3.63) is 24.0 Å². The Morgan fingerprint density at radius 3 is 2.42 bits per heavy atom. The molecule has 0 atom stereocenters. The van der Waals surface area contributed by atoms with E-state index in [1.165, 1.54) is 19.1 Å². The maximum absolute atomic E-state index is 14.1. The van der Waals surface area contributed by atoms with Crippen molar-refractivity contribution >= 4 is 35.1 Å². The highest BCUT2D eigenvalue weighted by Gasteiger charge is 2.53. The Morgan fingerprint density at radius 1 is 1.19 bits per heavy atom. The molecule has 9 heteroatoms. The van der Waals surface area contributed by atoms with Crippen LogP contribution in [0.3, 0.4) is 0 Å². The summed E-state index contributed by atoms with van der Waals surface area (Å²) in [5, 5.41) is 7.66. The number of urea groups is 1. The molecule has 1 saturated heterocycles. The number of nitrogens with zero attached hydrogens (tertiary/aromatic N) is 1. The van der Waals surface area contributed by atoms with Crippen LogP contribution >= 0.6 is 0 Å². The van der Waals surface area contributed by atoms with Gasteiger partial charge < -0.3 is 16.0 Å². The molecular formula is C22H29FN4O4. The van der Waals surface area contributed by atoms with E-state index in [0.29, 0.717) is 24.4 Å². The van der Waals surface area contributed by atoms with E-state index >= 15 is 0 Å². The van der Waals surface area contributed by atoms with E-state index < -0.39 is 35.7 Å². The van der Waals surface area contributed by atoms with Gasteiger partial charge >= 0.3 is 6.03 Å². The average molecular weight is 432 g/mol. The molecule has 2 aliphatic rings. The lowest BCUT2D eigenvalue weighted by Gasteiger charge is -2.40. The smallest absolute Gasteiger partial charge is 0.325 e. The number of carbonyl (C=O) groups excluding carboxylic acids is 4. The third-order valence-electron chi connectivity index (χ3n) is 6.17. The van der Waals surface area contributed by atoms with Crippen LogP contribution in [0.5, 0.6) is 0 Å². The summed E-state index contributed by atoms with van der Waals surface area (Å²) in [6.07, 6.45) is 2.70. The molecular weight excluding hydrogens is 403 g/mol. The fraction of sp³-hybridized carbons (Fsp3) is 0.545. The first-order valence-electron chi connectivity index (χ1n) is 10.4. The van der Waals surface area contributed by atoms with Crippen LogP contribution in [0.25, 0.3) is 0 Å². The monoisotopic (exact) mass is 432 g/mol. The second kappa shape index (κ2) is 8.28. The van der Waals surface area contributed by atoms with Gasteiger partial charge in [0.15, 0.2) is 0 Å². The second-order valence-electron chi connectivity index (χ2n) is 9.47. The summed E-state index contributed by atoms with van der Waals surface area (Å²) in [7, 11) is 0. The average Bonchev–Trinajstić information content (AvgIpc) is 2.88. The molecule has 31 heavy (non-hydrogen) atoms. The zero-order valence-corrected chi connectivity index (χ0v) is 18.3. The first kappa shape index (κ1) is 22.7. The van der Waals surface area contributed by atoms with Gasteiger partial charge in [-0.25, -0.2) is 9.18 Å². The molecule has 1 saturated carbocycles. The molecule has 0 radical (unpaired) electrons. The molecule has 5 amide bonds. The number of carbonyl (C=O) groups is 4. The molecule has 0 unspecified atom stereocenters. The number of halogens is 1. The van der Waals surface area contributed by atoms with Crippen molar-refractivity contribution in [1.82, 2.24) is 10.2 Å². The van der Waals surface area contributed by atoms with Gasteiger partial charge in [0, 0.05) is 12.6 Å². The molecule has 1 aliphatic heterocycles. The molecule has 0 bridgehead atoms. The molecule has 0 aromatic heterocycles. The predicted octanol–water partition coefficient (Wildman–Crippen LogP) is 3.25. The van der Waals surface area contributed by atoms with Gasteiger partial charge in [-0.05, 0) is 55.2 Å². The van der Waals surface area contributed by atoms with Gasteiger partial charge in [-0.1, -0.05) is 20.8 Å². The molecule has 8 nitrogen and oxygen atoms in total. The van der Waals surface area contributed by atoms with Crippen molar-refractivity contribution in [1.29, 1.82) is 0 Å². The standard InChI is InChI=1S/C22H29FN4O4/c1-13(28)24-15-5-6-16(23)17(11-15)25-18(29)12-27-19(30)22(26-20(27)31)9-7-14(8-10-22)21(2,3)4/h5-6,11,14H,7-10,12H2,1-4H3,(H,24,28)(H,25,29)(H,26,31). The topological polar surface area (TPSA) is 108 Å². The number of imide groups is 1. The summed E-state index contributed by atoms with van der Waals surface area (Å²) >= 11 is 0. The Bertz CT molecular complexity index is 917. The van der Waals surface area contributed by atoms with Crippen LogP contribution in [0.15, 0.2) is 18.2 Å². The highest BCUT2D eigenvalue weighted by atomic mass is 19.1. The van der Waals surface area contributed by atoms with Gasteiger partial charge in [-0.3, -0.25) is 19.3 Å². The zero-order chi connectivity index (χ0) is 23.0. The van der Waals surface area contributed by atoms with Crippen LogP contribution in [0.4, 0.5) is 20.6 Å². The Hall–Kier alpha value is -2.97. The van der Waals surface area contributed by atoms with Crippen molar-refractivity contribution < 1.29 is 23.6 Å². The van der Waals surface area contributed by atoms with E-state index in [4.69, 9.17) is 0 Å². The molecule has 1 aromatic carbocycles. The fourth-order valence-corrected chi connectivity index (χ4v) is 4.37. The van der Waals surface area contributed by atoms with Crippen molar-refractivity contribution in [2.45, 2.75) is 58.9 Å². The first-order chi connectivity index (χ1) is 14.4. The van der Waals surface area contributed by atoms with Gasteiger partial charge in [-0.2, -0.15) is 0 Å². The normalized spacial score (nSPS) is 23.6. The lowest BCUT2D eigenvalue weighted by molar-refractivity contribution is -0.135. The summed E-state index contributed by atoms with van der Waals surface area (Å²) in [5.74, 6) is -1.69. The van der Waals surface area contributed by atoms with E-state index in [2.05, 4.69) is 36.7 Å². The van der Waals surface area contributed by atoms with Crippen LogP contribution in [0.2, 0.25) is 0 Å². The van der Waals surface area contributed by atoms with Crippen molar-refractivity contribution in [3.8, 4) is 0 Å². The van der Waals surface area contributed by atoms with E-state index in [1.54, 1.807) is 0 Å². The maximum Gasteiger partial charge on any atom is 0.325 e. The molecule has 168 valence electrons. The molecule has 1 aromatic rings. The number of benzene rings is 1. The van der Waals surface area contributed by atoms with Crippen LogP contribution in [-0.2, 0) is 14.4 Å². The Morgan fingerprint density at radius 2 is 1.84 bits per heavy atom. The predicted molar refractivity (Wildman–Crippen MR) is 114 cm³/mol. The highest BCUT2D eigenvalue weighted by molar-refractivity contribution is 6.10. The largest absolute Gasteiger partial charge is 0.326 e. The maximum atomic E-state index is 14.1. The zero-order valence-electron chi connectivity index (χ0n) is 18.3. The fourth-order valence-electron chi connectivity index (χ4n) is 4.37. The Labute approximate surface area is 180 Å².